The molecule has 0 aromatic rings. The van der Waals surface area contributed by atoms with E-state index in [1.165, 1.54) is 90.9 Å². The van der Waals surface area contributed by atoms with Gasteiger partial charge in [-0.15, -0.1) is 0 Å². The minimum Gasteiger partial charge on any atom is -1.00 e. The van der Waals surface area contributed by atoms with Crippen molar-refractivity contribution >= 4 is 0 Å². The van der Waals surface area contributed by atoms with Gasteiger partial charge in [0.1, 0.15) is 0 Å². The Morgan fingerprint density at radius 2 is 0.846 bits per heavy atom. The van der Waals surface area contributed by atoms with Crippen molar-refractivity contribution in [2.45, 2.75) is 52.4 Å². The van der Waals surface area contributed by atoms with Crippen LogP contribution in [-0.2, 0) is 0 Å². The fourth-order valence-corrected chi connectivity index (χ4v) is 3.49. The highest BCUT2D eigenvalue weighted by molar-refractivity contribution is 4.78. The molecule has 164 valence electrons. The number of unbranched alkanes of at least 4 members (excludes halogenated alkanes) is 2. The maximum Gasteiger partial charge on any atom is 0.0788 e. The van der Waals surface area contributed by atoms with Crippen LogP contribution in [0, 0.1) is 11.8 Å². The summed E-state index contributed by atoms with van der Waals surface area (Å²) in [5.41, 5.74) is 0. The number of halogens is 4. The van der Waals surface area contributed by atoms with Crippen LogP contribution in [0.25, 0.3) is 0 Å². The first-order valence-corrected chi connectivity index (χ1v) is 10.1. The van der Waals surface area contributed by atoms with Crippen molar-refractivity contribution in [1.82, 2.24) is 0 Å². The summed E-state index contributed by atoms with van der Waals surface area (Å²) in [5.74, 6) is 2.04. The van der Waals surface area contributed by atoms with E-state index in [9.17, 15) is 0 Å². The summed E-state index contributed by atoms with van der Waals surface area (Å²) in [5, 5.41) is 10.0. The Labute approximate surface area is 187 Å². The Kier molecular flexibility index (Phi) is 34.5. The average molecular weight is 458 g/mol. The largest absolute Gasteiger partial charge is 1.00 e. The van der Waals surface area contributed by atoms with Crippen molar-refractivity contribution in [3.63, 3.8) is 0 Å². The standard InChI is InChI=1S/C18H40N4.4ClH/c1-3-19-11-5-7-13-21-15-17-9-10-18(17)16-22-14-8-6-12-20-4-2;;;;/h17-22H,3-16H2,1-2H3;4*1H/t17-,18+;;;;. The number of rotatable bonds is 16. The summed E-state index contributed by atoms with van der Waals surface area (Å²) in [7, 11) is 0. The van der Waals surface area contributed by atoms with E-state index in [1.807, 2.05) is 0 Å². The second-order valence-corrected chi connectivity index (χ2v) is 7.11. The maximum absolute atomic E-state index is 2.59. The molecule has 0 saturated heterocycles. The van der Waals surface area contributed by atoms with Gasteiger partial charge in [-0.1, -0.05) is 0 Å². The van der Waals surface area contributed by atoms with E-state index in [1.54, 1.807) is 0 Å². The maximum atomic E-state index is 2.59. The van der Waals surface area contributed by atoms with Crippen LogP contribution in [0.15, 0.2) is 0 Å². The molecule has 1 fully saturated rings. The summed E-state index contributed by atoms with van der Waals surface area (Å²) in [6.07, 6.45) is 8.56. The van der Waals surface area contributed by atoms with Gasteiger partial charge in [0.15, 0.2) is 0 Å². The van der Waals surface area contributed by atoms with Gasteiger partial charge < -0.3 is 70.9 Å². The van der Waals surface area contributed by atoms with Gasteiger partial charge in [0.05, 0.1) is 52.4 Å². The van der Waals surface area contributed by atoms with Gasteiger partial charge in [-0.3, -0.25) is 0 Å². The molecule has 0 aromatic heterocycles. The van der Waals surface area contributed by atoms with Crippen LogP contribution in [0.2, 0.25) is 0 Å². The summed E-state index contributed by atoms with van der Waals surface area (Å²) < 4.78 is 0. The minimum absolute atomic E-state index is 0. The van der Waals surface area contributed by atoms with Crippen LogP contribution in [0.4, 0.5) is 0 Å². The molecule has 0 radical (unpaired) electrons. The van der Waals surface area contributed by atoms with Crippen LogP contribution >= 0.6 is 0 Å². The lowest BCUT2D eigenvalue weighted by molar-refractivity contribution is -0.681. The first-order valence-electron chi connectivity index (χ1n) is 10.1. The van der Waals surface area contributed by atoms with Gasteiger partial charge in [-0.2, -0.15) is 0 Å². The first-order chi connectivity index (χ1) is 10.9. The molecule has 2 atom stereocenters. The van der Waals surface area contributed by atoms with Crippen molar-refractivity contribution in [3.05, 3.63) is 0 Å². The lowest BCUT2D eigenvalue weighted by Gasteiger charge is -2.34. The van der Waals surface area contributed by atoms with Crippen LogP contribution in [0.5, 0.6) is 0 Å². The van der Waals surface area contributed by atoms with Crippen molar-refractivity contribution < 1.29 is 70.9 Å². The van der Waals surface area contributed by atoms with Crippen molar-refractivity contribution in [2.75, 3.05) is 52.4 Å². The minimum atomic E-state index is 0. The second kappa shape index (κ2) is 26.0. The van der Waals surface area contributed by atoms with E-state index < -0.39 is 0 Å². The third-order valence-corrected chi connectivity index (χ3v) is 5.22. The molecule has 0 unspecified atom stereocenters. The molecule has 1 saturated carbocycles. The van der Waals surface area contributed by atoms with E-state index in [-0.39, 0.29) is 49.6 Å². The molecule has 8 N–H and O–H groups in total. The van der Waals surface area contributed by atoms with Crippen LogP contribution < -0.4 is 70.9 Å². The zero-order chi connectivity index (χ0) is 15.9. The van der Waals surface area contributed by atoms with Crippen molar-refractivity contribution in [1.29, 1.82) is 0 Å². The smallest absolute Gasteiger partial charge is 0.0788 e. The highest BCUT2D eigenvalue weighted by atomic mass is 35.5. The molecule has 1 aliphatic carbocycles. The van der Waals surface area contributed by atoms with Gasteiger partial charge in [-0.05, 0) is 26.7 Å². The summed E-state index contributed by atoms with van der Waals surface area (Å²) in [6.45, 7) is 15.1. The van der Waals surface area contributed by atoms with E-state index >= 15 is 0 Å². The SMILES string of the molecule is CC[NH2+]CCCC[NH2+]C[C@H]1CC[C@H]1C[NH2+]CCCC[NH2+]CC.[Cl-].[Cl-].[Cl-].[Cl-]. The zero-order valence-corrected chi connectivity index (χ0v) is 19.9. The number of quaternary nitrogens is 4. The molecule has 1 aliphatic rings. The Morgan fingerprint density at radius 3 is 1.12 bits per heavy atom. The van der Waals surface area contributed by atoms with Crippen LogP contribution in [0.3, 0.4) is 0 Å². The molecule has 0 aliphatic heterocycles. The lowest BCUT2D eigenvalue weighted by Crippen LogP contribution is -3.00. The molecule has 0 spiro atoms. The predicted octanol–water partition coefficient (Wildman–Crippen LogP) is -14.1. The number of hydrogen-bond donors (Lipinski definition) is 4. The molecular weight excluding hydrogens is 414 g/mol. The van der Waals surface area contributed by atoms with Gasteiger partial charge >= 0.3 is 0 Å². The highest BCUT2D eigenvalue weighted by Gasteiger charge is 2.32. The Bertz CT molecular complexity index is 227. The number of hydrogen-bond acceptors (Lipinski definition) is 0. The fourth-order valence-electron chi connectivity index (χ4n) is 3.49. The van der Waals surface area contributed by atoms with E-state index in [4.69, 9.17) is 0 Å². The normalized spacial score (nSPS) is 17.8. The molecule has 0 amide bonds. The third kappa shape index (κ3) is 18.4. The second-order valence-electron chi connectivity index (χ2n) is 7.11. The topological polar surface area (TPSA) is 66.4 Å². The summed E-state index contributed by atoms with van der Waals surface area (Å²) in [6, 6.07) is 0. The van der Waals surface area contributed by atoms with E-state index in [0.717, 1.165) is 11.8 Å². The molecule has 4 nitrogen and oxygen atoms in total. The molecule has 0 bridgehead atoms. The molecule has 1 rings (SSSR count). The third-order valence-electron chi connectivity index (χ3n) is 5.22. The van der Waals surface area contributed by atoms with Crippen LogP contribution in [-0.4, -0.2) is 52.4 Å². The molecule has 8 heteroatoms. The van der Waals surface area contributed by atoms with Gasteiger partial charge in [0.2, 0.25) is 0 Å². The summed E-state index contributed by atoms with van der Waals surface area (Å²) >= 11 is 0. The highest BCUT2D eigenvalue weighted by Crippen LogP contribution is 2.31. The quantitative estimate of drug-likeness (QED) is 0.166. The first kappa shape index (κ1) is 34.5. The zero-order valence-electron chi connectivity index (χ0n) is 16.9. The fraction of sp³-hybridized carbons (Fsp3) is 1.00. The lowest BCUT2D eigenvalue weighted by atomic mass is 9.73. The van der Waals surface area contributed by atoms with Crippen molar-refractivity contribution in [2.24, 2.45) is 11.8 Å². The Hall–Kier alpha value is 1.00. The number of nitrogens with two attached hydrogens (primary N) is 4. The Balaban J connectivity index is -0.000000605. The van der Waals surface area contributed by atoms with E-state index in [0.29, 0.717) is 0 Å². The van der Waals surface area contributed by atoms with E-state index in [2.05, 4.69) is 35.1 Å². The average Bonchev–Trinajstić information content (AvgIpc) is 2.51. The monoisotopic (exact) mass is 456 g/mol. The van der Waals surface area contributed by atoms with Gasteiger partial charge in [0, 0.05) is 37.5 Å². The van der Waals surface area contributed by atoms with Crippen molar-refractivity contribution in [3.8, 4) is 0 Å². The van der Waals surface area contributed by atoms with Gasteiger partial charge in [0.25, 0.3) is 0 Å². The molecular formula is C18H44Cl4N4. The molecule has 0 heterocycles. The van der Waals surface area contributed by atoms with Crippen LogP contribution in [0.1, 0.15) is 52.4 Å². The summed E-state index contributed by atoms with van der Waals surface area (Å²) in [4.78, 5) is 0. The predicted molar refractivity (Wildman–Crippen MR) is 92.7 cm³/mol. The van der Waals surface area contributed by atoms with Gasteiger partial charge in [-0.25, -0.2) is 0 Å². The molecule has 0 aromatic carbocycles. The Morgan fingerprint density at radius 1 is 0.538 bits per heavy atom. The molecule has 26 heavy (non-hydrogen) atoms.